The van der Waals surface area contributed by atoms with Crippen molar-refractivity contribution < 1.29 is 9.53 Å². The second-order valence-corrected chi connectivity index (χ2v) is 5.66. The molecule has 1 atom stereocenters. The molecule has 0 radical (unpaired) electrons. The van der Waals surface area contributed by atoms with Gasteiger partial charge in [-0.25, -0.2) is 0 Å². The molecule has 0 saturated carbocycles. The van der Waals surface area contributed by atoms with Crippen LogP contribution in [0.3, 0.4) is 0 Å². The molecule has 0 aliphatic rings. The second-order valence-electron chi connectivity index (χ2n) is 5.66. The first kappa shape index (κ1) is 16.2. The Morgan fingerprint density at radius 1 is 1.36 bits per heavy atom. The van der Waals surface area contributed by atoms with Crippen LogP contribution in [0, 0.1) is 13.8 Å². The van der Waals surface area contributed by atoms with Crippen molar-refractivity contribution in [3.63, 3.8) is 0 Å². The largest absolute Gasteiger partial charge is 0.426 e. The summed E-state index contributed by atoms with van der Waals surface area (Å²) in [5, 5.41) is 7.69. The fourth-order valence-electron chi connectivity index (χ4n) is 2.49. The molecule has 0 saturated heterocycles. The molecule has 0 aliphatic heterocycles. The van der Waals surface area contributed by atoms with Crippen molar-refractivity contribution in [3.8, 4) is 5.75 Å². The number of aromatic nitrogens is 2. The molecule has 5 nitrogen and oxygen atoms in total. The number of carbonyl (C=O) groups excluding carboxylic acids is 1. The van der Waals surface area contributed by atoms with Gasteiger partial charge >= 0.3 is 5.97 Å². The Hall–Kier alpha value is -2.14. The lowest BCUT2D eigenvalue weighted by Crippen LogP contribution is -2.30. The Kier molecular flexibility index (Phi) is 5.33. The molecule has 1 unspecified atom stereocenters. The van der Waals surface area contributed by atoms with Crippen molar-refractivity contribution in [1.29, 1.82) is 0 Å². The summed E-state index contributed by atoms with van der Waals surface area (Å²) in [6.45, 7) is 9.07. The summed E-state index contributed by atoms with van der Waals surface area (Å²) in [7, 11) is 0. The summed E-state index contributed by atoms with van der Waals surface area (Å²) in [4.78, 5) is 11.1. The summed E-state index contributed by atoms with van der Waals surface area (Å²) in [5.41, 5.74) is 3.14. The van der Waals surface area contributed by atoms with Gasteiger partial charge in [0.05, 0.1) is 6.54 Å². The summed E-state index contributed by atoms with van der Waals surface area (Å²) in [5.74, 6) is 0.380. The van der Waals surface area contributed by atoms with E-state index in [0.29, 0.717) is 11.8 Å². The first-order valence-electron chi connectivity index (χ1n) is 7.45. The molecule has 1 N–H and O–H groups in total. The predicted octanol–water partition coefficient (Wildman–Crippen LogP) is 2.60. The highest BCUT2D eigenvalue weighted by molar-refractivity contribution is 5.70. The quantitative estimate of drug-likeness (QED) is 0.658. The number of aryl methyl sites for hydroxylation is 2. The van der Waals surface area contributed by atoms with Crippen LogP contribution < -0.4 is 10.1 Å². The maximum absolute atomic E-state index is 11.1. The zero-order chi connectivity index (χ0) is 16.1. The normalized spacial score (nSPS) is 12.2. The van der Waals surface area contributed by atoms with Crippen molar-refractivity contribution in [2.24, 2.45) is 0 Å². The molecule has 2 rings (SSSR count). The van der Waals surface area contributed by atoms with E-state index in [1.165, 1.54) is 12.5 Å². The van der Waals surface area contributed by atoms with Crippen LogP contribution in [0.25, 0.3) is 0 Å². The van der Waals surface area contributed by atoms with E-state index in [1.807, 2.05) is 30.8 Å². The van der Waals surface area contributed by atoms with Gasteiger partial charge < -0.3 is 10.1 Å². The molecular formula is C17H23N3O2. The maximum atomic E-state index is 11.1. The fourth-order valence-corrected chi connectivity index (χ4v) is 2.49. The Morgan fingerprint density at radius 3 is 2.59 bits per heavy atom. The highest BCUT2D eigenvalue weighted by Gasteiger charge is 2.09. The van der Waals surface area contributed by atoms with Gasteiger partial charge in [0.15, 0.2) is 0 Å². The van der Waals surface area contributed by atoms with E-state index in [2.05, 4.69) is 29.5 Å². The molecule has 0 spiro atoms. The van der Waals surface area contributed by atoms with Crippen molar-refractivity contribution in [2.45, 2.75) is 46.8 Å². The van der Waals surface area contributed by atoms with Crippen LogP contribution in [0.2, 0.25) is 0 Å². The summed E-state index contributed by atoms with van der Waals surface area (Å²) >= 11 is 0. The van der Waals surface area contributed by atoms with Gasteiger partial charge in [0, 0.05) is 31.9 Å². The number of ether oxygens (including phenoxy) is 1. The minimum atomic E-state index is -0.287. The van der Waals surface area contributed by atoms with E-state index in [4.69, 9.17) is 4.74 Å². The number of nitrogens with zero attached hydrogens (tertiary/aromatic N) is 2. The summed E-state index contributed by atoms with van der Waals surface area (Å²) in [6, 6.07) is 6.35. The minimum absolute atomic E-state index is 0.287. The van der Waals surface area contributed by atoms with Crippen LogP contribution >= 0.6 is 0 Å². The van der Waals surface area contributed by atoms with Crippen LogP contribution in [0.1, 0.15) is 30.5 Å². The van der Waals surface area contributed by atoms with E-state index >= 15 is 0 Å². The molecule has 1 heterocycles. The van der Waals surface area contributed by atoms with E-state index < -0.39 is 0 Å². The first-order valence-corrected chi connectivity index (χ1v) is 7.45. The van der Waals surface area contributed by atoms with Gasteiger partial charge in [0.25, 0.3) is 0 Å². The number of hydrogen-bond acceptors (Lipinski definition) is 4. The van der Waals surface area contributed by atoms with Crippen LogP contribution in [0.5, 0.6) is 5.75 Å². The van der Waals surface area contributed by atoms with Gasteiger partial charge in [-0.05, 0) is 43.5 Å². The summed E-state index contributed by atoms with van der Waals surface area (Å²) < 4.78 is 7.17. The molecule has 5 heteroatoms. The average molecular weight is 301 g/mol. The Bertz CT molecular complexity index is 612. The van der Waals surface area contributed by atoms with Crippen LogP contribution in [-0.4, -0.2) is 21.8 Å². The van der Waals surface area contributed by atoms with Gasteiger partial charge in [0.2, 0.25) is 0 Å². The van der Waals surface area contributed by atoms with Crippen LogP contribution in [0.4, 0.5) is 0 Å². The summed E-state index contributed by atoms with van der Waals surface area (Å²) in [6.07, 6.45) is 3.74. The topological polar surface area (TPSA) is 56.1 Å². The Morgan fingerprint density at radius 2 is 2.05 bits per heavy atom. The van der Waals surface area contributed by atoms with Gasteiger partial charge in [-0.3, -0.25) is 9.48 Å². The predicted molar refractivity (Wildman–Crippen MR) is 85.8 cm³/mol. The maximum Gasteiger partial charge on any atom is 0.308 e. The van der Waals surface area contributed by atoms with E-state index in [-0.39, 0.29) is 5.97 Å². The number of carbonyl (C=O) groups is 1. The highest BCUT2D eigenvalue weighted by Crippen LogP contribution is 2.25. The zero-order valence-corrected chi connectivity index (χ0v) is 13.6. The molecule has 0 fully saturated rings. The van der Waals surface area contributed by atoms with Gasteiger partial charge in [-0.15, -0.1) is 0 Å². The van der Waals surface area contributed by atoms with Crippen molar-refractivity contribution in [3.05, 3.63) is 47.3 Å². The first-order chi connectivity index (χ1) is 10.5. The van der Waals surface area contributed by atoms with Crippen molar-refractivity contribution in [2.75, 3.05) is 0 Å². The molecule has 2 aromatic rings. The third-order valence-electron chi connectivity index (χ3n) is 3.44. The SMILES string of the molecule is CC(=O)Oc1c(C)cc(CNC(C)Cn2cccn2)cc1C. The number of rotatable bonds is 6. The number of benzene rings is 1. The molecular weight excluding hydrogens is 278 g/mol. The third-order valence-corrected chi connectivity index (χ3v) is 3.44. The molecule has 118 valence electrons. The highest BCUT2D eigenvalue weighted by atomic mass is 16.5. The lowest BCUT2D eigenvalue weighted by Gasteiger charge is -2.16. The van der Waals surface area contributed by atoms with Crippen molar-refractivity contribution >= 4 is 5.97 Å². The van der Waals surface area contributed by atoms with E-state index in [0.717, 1.165) is 24.2 Å². The molecule has 0 bridgehead atoms. The molecule has 0 amide bonds. The second kappa shape index (κ2) is 7.22. The molecule has 0 aliphatic carbocycles. The van der Waals surface area contributed by atoms with Gasteiger partial charge in [-0.2, -0.15) is 5.10 Å². The van der Waals surface area contributed by atoms with Crippen LogP contribution in [0.15, 0.2) is 30.6 Å². The monoisotopic (exact) mass is 301 g/mol. The number of esters is 1. The Labute approximate surface area is 131 Å². The van der Waals surface area contributed by atoms with Crippen molar-refractivity contribution in [1.82, 2.24) is 15.1 Å². The average Bonchev–Trinajstić information content (AvgIpc) is 2.93. The Balaban J connectivity index is 1.97. The lowest BCUT2D eigenvalue weighted by atomic mass is 10.1. The van der Waals surface area contributed by atoms with E-state index in [1.54, 1.807) is 6.20 Å². The lowest BCUT2D eigenvalue weighted by molar-refractivity contribution is -0.131. The molecule has 1 aromatic carbocycles. The standard InChI is InChI=1S/C17H23N3O2/c1-12-8-16(9-13(2)17(12)22-15(4)21)10-18-14(3)11-20-7-5-6-19-20/h5-9,14,18H,10-11H2,1-4H3. The number of hydrogen-bond donors (Lipinski definition) is 1. The van der Waals surface area contributed by atoms with Crippen LogP contribution in [-0.2, 0) is 17.9 Å². The molecule has 1 aromatic heterocycles. The van der Waals surface area contributed by atoms with Gasteiger partial charge in [0.1, 0.15) is 5.75 Å². The smallest absolute Gasteiger partial charge is 0.308 e. The third kappa shape index (κ3) is 4.43. The zero-order valence-electron chi connectivity index (χ0n) is 13.6. The van der Waals surface area contributed by atoms with E-state index in [9.17, 15) is 4.79 Å². The minimum Gasteiger partial charge on any atom is -0.426 e. The molecule has 22 heavy (non-hydrogen) atoms. The van der Waals surface area contributed by atoms with Gasteiger partial charge in [-0.1, -0.05) is 12.1 Å². The fraction of sp³-hybridized carbons (Fsp3) is 0.412. The number of nitrogens with one attached hydrogen (secondary N) is 1.